The van der Waals surface area contributed by atoms with Gasteiger partial charge in [-0.1, -0.05) is 25.0 Å². The molecule has 0 amide bonds. The fraction of sp³-hybridized carbons (Fsp3) is 0.625. The lowest BCUT2D eigenvalue weighted by atomic mass is 9.92. The molecular formula is C16H23NO. The highest BCUT2D eigenvalue weighted by Crippen LogP contribution is 2.39. The number of hydrogen-bond donors (Lipinski definition) is 1. The lowest BCUT2D eigenvalue weighted by molar-refractivity contribution is 0.0778. The summed E-state index contributed by atoms with van der Waals surface area (Å²) in [5.74, 6) is 0. The molecule has 1 N–H and O–H groups in total. The summed E-state index contributed by atoms with van der Waals surface area (Å²) in [5.41, 5.74) is 3.13. The predicted molar refractivity (Wildman–Crippen MR) is 75.0 cm³/mol. The number of nitrogens with zero attached hydrogens (tertiary/aromatic N) is 1. The highest BCUT2D eigenvalue weighted by molar-refractivity contribution is 5.62. The van der Waals surface area contributed by atoms with Crippen LogP contribution in [0.3, 0.4) is 0 Å². The van der Waals surface area contributed by atoms with Gasteiger partial charge < -0.3 is 10.0 Å². The maximum Gasteiger partial charge on any atom is 0.0843 e. The van der Waals surface area contributed by atoms with Crippen molar-refractivity contribution in [2.24, 2.45) is 0 Å². The van der Waals surface area contributed by atoms with Crippen molar-refractivity contribution in [3.05, 3.63) is 29.3 Å². The van der Waals surface area contributed by atoms with Crippen LogP contribution in [-0.4, -0.2) is 17.7 Å². The van der Waals surface area contributed by atoms with E-state index in [0.717, 1.165) is 24.6 Å². The van der Waals surface area contributed by atoms with E-state index in [1.54, 1.807) is 0 Å². The molecule has 1 fully saturated rings. The number of anilines is 1. The van der Waals surface area contributed by atoms with Crippen molar-refractivity contribution in [2.45, 2.75) is 57.6 Å². The molecule has 0 radical (unpaired) electrons. The van der Waals surface area contributed by atoms with Crippen LogP contribution in [0, 0.1) is 0 Å². The molecule has 2 aliphatic rings. The Kier molecular flexibility index (Phi) is 2.86. The highest BCUT2D eigenvalue weighted by Gasteiger charge is 2.31. The van der Waals surface area contributed by atoms with Crippen LogP contribution in [0.4, 0.5) is 5.69 Å². The maximum atomic E-state index is 10.3. The van der Waals surface area contributed by atoms with E-state index in [1.165, 1.54) is 36.9 Å². The third-order valence-electron chi connectivity index (χ3n) is 4.49. The van der Waals surface area contributed by atoms with Gasteiger partial charge in [0.1, 0.15) is 0 Å². The van der Waals surface area contributed by atoms with E-state index in [-0.39, 0.29) is 0 Å². The van der Waals surface area contributed by atoms with Gasteiger partial charge in [-0.25, -0.2) is 0 Å². The molecule has 0 spiro atoms. The van der Waals surface area contributed by atoms with Crippen molar-refractivity contribution in [1.29, 1.82) is 0 Å². The first kappa shape index (κ1) is 12.0. The molecule has 1 saturated carbocycles. The fourth-order valence-corrected chi connectivity index (χ4v) is 3.63. The fourth-order valence-electron chi connectivity index (χ4n) is 3.63. The average Bonchev–Trinajstić information content (AvgIpc) is 2.95. The molecule has 2 heteroatoms. The molecule has 3 rings (SSSR count). The lowest BCUT2D eigenvalue weighted by Crippen LogP contribution is -2.31. The van der Waals surface area contributed by atoms with E-state index in [1.807, 2.05) is 13.8 Å². The van der Waals surface area contributed by atoms with E-state index < -0.39 is 5.60 Å². The molecule has 0 unspecified atom stereocenters. The Hall–Kier alpha value is -1.02. The Morgan fingerprint density at radius 2 is 1.94 bits per heavy atom. The Balaban J connectivity index is 1.97. The summed E-state index contributed by atoms with van der Waals surface area (Å²) in [6.45, 7) is 4.91. The first-order valence-corrected chi connectivity index (χ1v) is 7.19. The second-order valence-electron chi connectivity index (χ2n) is 6.24. The van der Waals surface area contributed by atoms with Crippen LogP contribution in [0.1, 0.15) is 50.7 Å². The topological polar surface area (TPSA) is 23.5 Å². The highest BCUT2D eigenvalue weighted by atomic mass is 16.3. The third-order valence-corrected chi connectivity index (χ3v) is 4.49. The molecule has 0 saturated heterocycles. The van der Waals surface area contributed by atoms with E-state index >= 15 is 0 Å². The zero-order valence-electron chi connectivity index (χ0n) is 11.4. The normalized spacial score (nSPS) is 20.5. The van der Waals surface area contributed by atoms with Crippen LogP contribution < -0.4 is 4.90 Å². The van der Waals surface area contributed by atoms with Gasteiger partial charge in [0.25, 0.3) is 0 Å². The van der Waals surface area contributed by atoms with E-state index in [0.29, 0.717) is 0 Å². The van der Waals surface area contributed by atoms with Crippen molar-refractivity contribution in [2.75, 3.05) is 11.4 Å². The minimum atomic E-state index is -0.725. The summed E-state index contributed by atoms with van der Waals surface area (Å²) in [5, 5.41) is 10.3. The Bertz CT molecular complexity index is 441. The monoisotopic (exact) mass is 245 g/mol. The van der Waals surface area contributed by atoms with Gasteiger partial charge in [0.15, 0.2) is 0 Å². The smallest absolute Gasteiger partial charge is 0.0843 e. The number of hydrogen-bond acceptors (Lipinski definition) is 2. The van der Waals surface area contributed by atoms with Crippen molar-refractivity contribution in [3.8, 4) is 0 Å². The molecule has 1 aliphatic carbocycles. The standard InChI is InChI=1S/C16H23NO/c1-16(2,18)14-8-5-9-15-13(14)10-11-17(15)12-6-3-4-7-12/h5,8-9,12,18H,3-4,6-7,10-11H2,1-2H3. The molecule has 1 aromatic carbocycles. The minimum absolute atomic E-state index is 0.725. The molecule has 2 nitrogen and oxygen atoms in total. The second-order valence-corrected chi connectivity index (χ2v) is 6.24. The predicted octanol–water partition coefficient (Wildman–Crippen LogP) is 3.22. The van der Waals surface area contributed by atoms with Gasteiger partial charge in [-0.3, -0.25) is 0 Å². The summed E-state index contributed by atoms with van der Waals surface area (Å²) < 4.78 is 0. The van der Waals surface area contributed by atoms with Crippen molar-refractivity contribution in [3.63, 3.8) is 0 Å². The van der Waals surface area contributed by atoms with Crippen LogP contribution in [0.2, 0.25) is 0 Å². The van der Waals surface area contributed by atoms with Crippen LogP contribution in [-0.2, 0) is 12.0 Å². The third kappa shape index (κ3) is 1.93. The summed E-state index contributed by atoms with van der Waals surface area (Å²) in [4.78, 5) is 2.58. The summed E-state index contributed by atoms with van der Waals surface area (Å²) in [6, 6.07) is 7.15. The average molecular weight is 245 g/mol. The molecule has 1 aromatic rings. The van der Waals surface area contributed by atoms with Gasteiger partial charge >= 0.3 is 0 Å². The van der Waals surface area contributed by atoms with Gasteiger partial charge in [-0.2, -0.15) is 0 Å². The van der Waals surface area contributed by atoms with Gasteiger partial charge in [-0.05, 0) is 50.3 Å². The molecule has 0 atom stereocenters. The Labute approximate surface area is 110 Å². The van der Waals surface area contributed by atoms with Crippen molar-refractivity contribution < 1.29 is 5.11 Å². The summed E-state index contributed by atoms with van der Waals surface area (Å²) >= 11 is 0. The summed E-state index contributed by atoms with van der Waals surface area (Å²) in [6.07, 6.45) is 6.52. The zero-order valence-corrected chi connectivity index (χ0v) is 11.4. The first-order valence-electron chi connectivity index (χ1n) is 7.19. The van der Waals surface area contributed by atoms with Gasteiger partial charge in [0, 0.05) is 18.3 Å². The van der Waals surface area contributed by atoms with Crippen LogP contribution in [0.25, 0.3) is 0 Å². The second kappa shape index (κ2) is 4.27. The van der Waals surface area contributed by atoms with Gasteiger partial charge in [0.05, 0.1) is 5.60 Å². The first-order chi connectivity index (χ1) is 8.57. The quantitative estimate of drug-likeness (QED) is 0.864. The zero-order chi connectivity index (χ0) is 12.8. The molecule has 18 heavy (non-hydrogen) atoms. The van der Waals surface area contributed by atoms with E-state index in [4.69, 9.17) is 0 Å². The number of aliphatic hydroxyl groups is 1. The van der Waals surface area contributed by atoms with Crippen LogP contribution in [0.15, 0.2) is 18.2 Å². The maximum absolute atomic E-state index is 10.3. The number of fused-ring (bicyclic) bond motifs is 1. The molecule has 98 valence electrons. The van der Waals surface area contributed by atoms with E-state index in [9.17, 15) is 5.11 Å². The van der Waals surface area contributed by atoms with Crippen LogP contribution in [0.5, 0.6) is 0 Å². The Morgan fingerprint density at radius 1 is 1.22 bits per heavy atom. The molecule has 0 aromatic heterocycles. The van der Waals surface area contributed by atoms with Gasteiger partial charge in [-0.15, -0.1) is 0 Å². The lowest BCUT2D eigenvalue weighted by Gasteiger charge is -2.28. The molecule has 1 heterocycles. The summed E-state index contributed by atoms with van der Waals surface area (Å²) in [7, 11) is 0. The van der Waals surface area contributed by atoms with Crippen LogP contribution >= 0.6 is 0 Å². The number of rotatable bonds is 2. The largest absolute Gasteiger partial charge is 0.386 e. The number of benzene rings is 1. The minimum Gasteiger partial charge on any atom is -0.386 e. The molecule has 0 bridgehead atoms. The molecule has 1 aliphatic heterocycles. The van der Waals surface area contributed by atoms with E-state index in [2.05, 4.69) is 23.1 Å². The Morgan fingerprint density at radius 3 is 2.61 bits per heavy atom. The van der Waals surface area contributed by atoms with Crippen molar-refractivity contribution in [1.82, 2.24) is 0 Å². The SMILES string of the molecule is CC(C)(O)c1cccc2c1CCN2C1CCCC1. The van der Waals surface area contributed by atoms with Gasteiger partial charge in [0.2, 0.25) is 0 Å². The van der Waals surface area contributed by atoms with Crippen molar-refractivity contribution >= 4 is 5.69 Å². The molecular weight excluding hydrogens is 222 g/mol.